The van der Waals surface area contributed by atoms with E-state index in [1.54, 1.807) is 10.8 Å². The number of nitrogens with two attached hydrogens (primary N) is 1. The Morgan fingerprint density at radius 2 is 2.64 bits per heavy atom. The Labute approximate surface area is 63.4 Å². The molecule has 60 valence electrons. The van der Waals surface area contributed by atoms with Gasteiger partial charge in [-0.25, -0.2) is 0 Å². The van der Waals surface area contributed by atoms with Gasteiger partial charge in [-0.05, 0) is 0 Å². The summed E-state index contributed by atoms with van der Waals surface area (Å²) in [5.41, 5.74) is 5.41. The third-order valence-electron chi connectivity index (χ3n) is 1.57. The highest BCUT2D eigenvalue weighted by molar-refractivity contribution is 5.28. The zero-order valence-electron chi connectivity index (χ0n) is 5.90. The first-order valence-electron chi connectivity index (χ1n) is 3.39. The number of fused-ring (bicyclic) bond motifs is 1. The number of anilines is 1. The first-order chi connectivity index (χ1) is 5.25. The van der Waals surface area contributed by atoms with Gasteiger partial charge in [0.2, 0.25) is 0 Å². The van der Waals surface area contributed by atoms with E-state index in [1.807, 2.05) is 0 Å². The number of hydrogen-bond donors (Lipinski definition) is 2. The fourth-order valence-electron chi connectivity index (χ4n) is 1.11. The zero-order valence-corrected chi connectivity index (χ0v) is 5.90. The van der Waals surface area contributed by atoms with Gasteiger partial charge in [-0.15, -0.1) is 0 Å². The molecule has 0 saturated heterocycles. The van der Waals surface area contributed by atoms with Gasteiger partial charge in [-0.1, -0.05) is 0 Å². The molecule has 1 aliphatic rings. The van der Waals surface area contributed by atoms with Crippen molar-refractivity contribution in [2.75, 3.05) is 12.3 Å². The van der Waals surface area contributed by atoms with Crippen LogP contribution in [0.2, 0.25) is 0 Å². The molecule has 0 saturated carbocycles. The molecule has 0 aliphatic carbocycles. The van der Waals surface area contributed by atoms with E-state index in [0.29, 0.717) is 25.0 Å². The number of aromatic nitrogens is 2. The lowest BCUT2D eigenvalue weighted by Crippen LogP contribution is -2.29. The predicted molar refractivity (Wildman–Crippen MR) is 38.1 cm³/mol. The second-order valence-corrected chi connectivity index (χ2v) is 2.57. The largest absolute Gasteiger partial charge is 0.462 e. The van der Waals surface area contributed by atoms with E-state index < -0.39 is 6.10 Å². The van der Waals surface area contributed by atoms with Crippen LogP contribution < -0.4 is 10.5 Å². The molecule has 1 atom stereocenters. The third kappa shape index (κ3) is 1.03. The van der Waals surface area contributed by atoms with Crippen LogP contribution in [0.4, 0.5) is 5.82 Å². The van der Waals surface area contributed by atoms with Crippen LogP contribution in [-0.4, -0.2) is 27.4 Å². The van der Waals surface area contributed by atoms with Gasteiger partial charge in [0.25, 0.3) is 6.01 Å². The molecule has 0 aromatic carbocycles. The summed E-state index contributed by atoms with van der Waals surface area (Å²) >= 11 is 0. The van der Waals surface area contributed by atoms with Gasteiger partial charge in [0.05, 0.1) is 12.7 Å². The molecule has 0 bridgehead atoms. The van der Waals surface area contributed by atoms with E-state index in [2.05, 4.69) is 4.98 Å². The first-order valence-corrected chi connectivity index (χ1v) is 3.39. The van der Waals surface area contributed by atoms with Gasteiger partial charge in [-0.2, -0.15) is 4.98 Å². The van der Waals surface area contributed by atoms with Crippen molar-refractivity contribution in [1.29, 1.82) is 0 Å². The lowest BCUT2D eigenvalue weighted by atomic mass is 10.3. The van der Waals surface area contributed by atoms with E-state index in [1.165, 1.54) is 0 Å². The second-order valence-electron chi connectivity index (χ2n) is 2.57. The van der Waals surface area contributed by atoms with Crippen LogP contribution in [0.3, 0.4) is 0 Å². The molecule has 1 aromatic heterocycles. The molecule has 0 radical (unpaired) electrons. The Morgan fingerprint density at radius 3 is 3.45 bits per heavy atom. The molecule has 1 unspecified atom stereocenters. The Morgan fingerprint density at radius 1 is 1.82 bits per heavy atom. The highest BCUT2D eigenvalue weighted by Crippen LogP contribution is 2.17. The van der Waals surface area contributed by atoms with Crippen LogP contribution in [0.25, 0.3) is 0 Å². The van der Waals surface area contributed by atoms with Gasteiger partial charge < -0.3 is 15.6 Å². The van der Waals surface area contributed by atoms with E-state index in [-0.39, 0.29) is 0 Å². The van der Waals surface area contributed by atoms with E-state index in [9.17, 15) is 0 Å². The number of nitrogen functional groups attached to an aromatic ring is 1. The van der Waals surface area contributed by atoms with Crippen molar-refractivity contribution in [1.82, 2.24) is 9.55 Å². The summed E-state index contributed by atoms with van der Waals surface area (Å²) in [6.45, 7) is 0.815. The minimum absolute atomic E-state index is 0.302. The SMILES string of the molecule is Nc1cn2c(n1)OCC(O)C2. The Bertz CT molecular complexity index is 271. The van der Waals surface area contributed by atoms with Crippen molar-refractivity contribution in [2.45, 2.75) is 12.6 Å². The normalized spacial score (nSPS) is 22.5. The molecule has 0 amide bonds. The Kier molecular flexibility index (Phi) is 1.25. The Balaban J connectivity index is 2.34. The highest BCUT2D eigenvalue weighted by atomic mass is 16.5. The molecule has 11 heavy (non-hydrogen) atoms. The summed E-state index contributed by atoms with van der Waals surface area (Å²) < 4.78 is 6.78. The number of imidazole rings is 1. The molecule has 0 spiro atoms. The quantitative estimate of drug-likeness (QED) is 0.515. The van der Waals surface area contributed by atoms with E-state index in [4.69, 9.17) is 15.6 Å². The second kappa shape index (κ2) is 2.13. The standard InChI is InChI=1S/C6H9N3O2/c7-5-2-9-1-4(10)3-11-6(9)8-5/h2,4,10H,1,3,7H2. The lowest BCUT2D eigenvalue weighted by Gasteiger charge is -2.19. The van der Waals surface area contributed by atoms with Crippen LogP contribution >= 0.6 is 0 Å². The summed E-state index contributed by atoms with van der Waals surface area (Å²) in [4.78, 5) is 3.89. The van der Waals surface area contributed by atoms with Crippen LogP contribution in [0, 0.1) is 0 Å². The molecule has 1 aliphatic heterocycles. The maximum atomic E-state index is 9.15. The number of aliphatic hydroxyl groups is 1. The van der Waals surface area contributed by atoms with E-state index in [0.717, 1.165) is 0 Å². The average molecular weight is 155 g/mol. The summed E-state index contributed by atoms with van der Waals surface area (Å²) in [5, 5.41) is 9.15. The van der Waals surface area contributed by atoms with E-state index >= 15 is 0 Å². The maximum absolute atomic E-state index is 9.15. The summed E-state index contributed by atoms with van der Waals surface area (Å²) in [6.07, 6.45) is 1.20. The smallest absolute Gasteiger partial charge is 0.298 e. The van der Waals surface area contributed by atoms with Crippen molar-refractivity contribution in [3.8, 4) is 6.01 Å². The van der Waals surface area contributed by atoms with Crippen molar-refractivity contribution in [3.05, 3.63) is 6.20 Å². The van der Waals surface area contributed by atoms with Crippen LogP contribution in [-0.2, 0) is 6.54 Å². The van der Waals surface area contributed by atoms with Gasteiger partial charge in [-0.3, -0.25) is 4.57 Å². The van der Waals surface area contributed by atoms with Crippen molar-refractivity contribution in [3.63, 3.8) is 0 Å². The van der Waals surface area contributed by atoms with Crippen molar-refractivity contribution >= 4 is 5.82 Å². The van der Waals surface area contributed by atoms with Gasteiger partial charge in [0.15, 0.2) is 0 Å². The minimum Gasteiger partial charge on any atom is -0.462 e. The predicted octanol–water partition coefficient (Wildman–Crippen LogP) is -0.781. The molecule has 5 nitrogen and oxygen atoms in total. The molecule has 0 fully saturated rings. The molecule has 2 heterocycles. The number of nitrogens with zero attached hydrogens (tertiary/aromatic N) is 2. The fraction of sp³-hybridized carbons (Fsp3) is 0.500. The average Bonchev–Trinajstić information content (AvgIpc) is 2.27. The topological polar surface area (TPSA) is 73.3 Å². The number of hydrogen-bond acceptors (Lipinski definition) is 4. The van der Waals surface area contributed by atoms with Crippen LogP contribution in [0.15, 0.2) is 6.20 Å². The summed E-state index contributed by atoms with van der Waals surface area (Å²) in [7, 11) is 0. The first kappa shape index (κ1) is 6.48. The monoisotopic (exact) mass is 155 g/mol. The highest BCUT2D eigenvalue weighted by Gasteiger charge is 2.18. The molecule has 3 N–H and O–H groups in total. The summed E-state index contributed by atoms with van der Waals surface area (Å²) in [6, 6.07) is 0.493. The summed E-state index contributed by atoms with van der Waals surface area (Å²) in [5.74, 6) is 0.425. The lowest BCUT2D eigenvalue weighted by molar-refractivity contribution is 0.0580. The van der Waals surface area contributed by atoms with Gasteiger partial charge in [0, 0.05) is 0 Å². The van der Waals surface area contributed by atoms with Crippen LogP contribution in [0.1, 0.15) is 0 Å². The maximum Gasteiger partial charge on any atom is 0.298 e. The zero-order chi connectivity index (χ0) is 7.84. The fourth-order valence-corrected chi connectivity index (χ4v) is 1.11. The number of aliphatic hydroxyl groups excluding tert-OH is 1. The van der Waals surface area contributed by atoms with Crippen molar-refractivity contribution in [2.24, 2.45) is 0 Å². The van der Waals surface area contributed by atoms with Crippen LogP contribution in [0.5, 0.6) is 6.01 Å². The molecular weight excluding hydrogens is 146 g/mol. The Hall–Kier alpha value is -1.23. The minimum atomic E-state index is -0.448. The van der Waals surface area contributed by atoms with Gasteiger partial charge in [0.1, 0.15) is 18.5 Å². The molecular formula is C6H9N3O2. The third-order valence-corrected chi connectivity index (χ3v) is 1.57. The van der Waals surface area contributed by atoms with Gasteiger partial charge >= 0.3 is 0 Å². The molecule has 5 heteroatoms. The molecule has 2 rings (SSSR count). The number of ether oxygens (including phenoxy) is 1. The number of rotatable bonds is 0. The van der Waals surface area contributed by atoms with Crippen molar-refractivity contribution < 1.29 is 9.84 Å². The molecule has 1 aromatic rings.